The van der Waals surface area contributed by atoms with Crippen LogP contribution in [-0.2, 0) is 0 Å². The third-order valence-electron chi connectivity index (χ3n) is 2.40. The van der Waals surface area contributed by atoms with Crippen LogP contribution in [0.15, 0.2) is 48.5 Å². The predicted octanol–water partition coefficient (Wildman–Crippen LogP) is 3.75. The fraction of sp³-hybridized carbons (Fsp3) is 0.0714. The van der Waals surface area contributed by atoms with Gasteiger partial charge in [0.15, 0.2) is 0 Å². The van der Waals surface area contributed by atoms with Gasteiger partial charge in [-0.1, -0.05) is 30.3 Å². The predicted molar refractivity (Wildman–Crippen MR) is 67.2 cm³/mol. The van der Waals surface area contributed by atoms with Crippen LogP contribution in [0.1, 0.15) is 5.56 Å². The molecule has 2 rings (SSSR count). The summed E-state index contributed by atoms with van der Waals surface area (Å²) in [6.45, 7) is 1.71. The zero-order chi connectivity index (χ0) is 13.0. The van der Waals surface area contributed by atoms with Crippen molar-refractivity contribution in [1.82, 2.24) is 0 Å². The first-order chi connectivity index (χ1) is 8.66. The molecule has 0 atom stereocenters. The van der Waals surface area contributed by atoms with Crippen molar-refractivity contribution < 1.29 is 13.9 Å². The van der Waals surface area contributed by atoms with Crippen LogP contribution in [0, 0.1) is 12.7 Å². The summed E-state index contributed by atoms with van der Waals surface area (Å²) < 4.78 is 18.5. The lowest BCUT2D eigenvalue weighted by molar-refractivity contribution is 0.215. The topological polar surface area (TPSA) is 38.3 Å². The number of para-hydroxylation sites is 2. The highest BCUT2D eigenvalue weighted by atomic mass is 19.1. The molecule has 2 aromatic carbocycles. The smallest absolute Gasteiger partial charge is 0.410 e. The zero-order valence-electron chi connectivity index (χ0n) is 9.81. The Kier molecular flexibility index (Phi) is 3.57. The first-order valence-corrected chi connectivity index (χ1v) is 5.46. The first-order valence-electron chi connectivity index (χ1n) is 5.46. The number of nitrogens with one attached hydrogen (secondary N) is 1. The number of hydrogen-bond acceptors (Lipinski definition) is 2. The summed E-state index contributed by atoms with van der Waals surface area (Å²) in [6.07, 6.45) is -0.714. The Balaban J connectivity index is 2.08. The summed E-state index contributed by atoms with van der Waals surface area (Å²) in [6, 6.07) is 13.2. The molecule has 0 unspecified atom stereocenters. The number of rotatable bonds is 2. The van der Waals surface area contributed by atoms with Crippen LogP contribution in [0.5, 0.6) is 5.75 Å². The number of carbonyl (C=O) groups excluding carboxylic acids is 1. The lowest BCUT2D eigenvalue weighted by atomic mass is 10.2. The minimum Gasteiger partial charge on any atom is -0.410 e. The van der Waals surface area contributed by atoms with Crippen molar-refractivity contribution in [3.05, 3.63) is 59.9 Å². The van der Waals surface area contributed by atoms with E-state index >= 15 is 0 Å². The molecule has 92 valence electrons. The second kappa shape index (κ2) is 5.31. The molecule has 18 heavy (non-hydrogen) atoms. The van der Waals surface area contributed by atoms with Gasteiger partial charge in [-0.3, -0.25) is 5.32 Å². The van der Waals surface area contributed by atoms with Gasteiger partial charge in [-0.15, -0.1) is 0 Å². The summed E-state index contributed by atoms with van der Waals surface area (Å²) >= 11 is 0. The van der Waals surface area contributed by atoms with Crippen molar-refractivity contribution in [2.75, 3.05) is 5.32 Å². The lowest BCUT2D eigenvalue weighted by Crippen LogP contribution is -2.18. The molecule has 0 heterocycles. The Morgan fingerprint density at radius 1 is 1.11 bits per heavy atom. The fourth-order valence-electron chi connectivity index (χ4n) is 1.51. The molecule has 2 aromatic rings. The molecule has 3 nitrogen and oxygen atoms in total. The normalized spacial score (nSPS) is 9.89. The van der Waals surface area contributed by atoms with Crippen molar-refractivity contribution in [3.63, 3.8) is 0 Å². The van der Waals surface area contributed by atoms with E-state index in [1.54, 1.807) is 43.3 Å². The summed E-state index contributed by atoms with van der Waals surface area (Å²) in [5, 5.41) is 2.39. The van der Waals surface area contributed by atoms with Gasteiger partial charge in [0.05, 0.1) is 5.69 Å². The Labute approximate surface area is 104 Å². The van der Waals surface area contributed by atoms with Crippen molar-refractivity contribution in [1.29, 1.82) is 0 Å². The summed E-state index contributed by atoms with van der Waals surface area (Å²) in [5.41, 5.74) is 0.776. The van der Waals surface area contributed by atoms with E-state index < -0.39 is 11.9 Å². The van der Waals surface area contributed by atoms with Crippen molar-refractivity contribution >= 4 is 11.8 Å². The number of benzene rings is 2. The molecule has 0 aliphatic heterocycles. The average molecular weight is 245 g/mol. The molecule has 0 fully saturated rings. The molecule has 0 saturated carbocycles. The van der Waals surface area contributed by atoms with Gasteiger partial charge in [-0.2, -0.15) is 0 Å². The van der Waals surface area contributed by atoms with E-state index in [0.717, 1.165) is 0 Å². The van der Waals surface area contributed by atoms with Crippen LogP contribution in [0.25, 0.3) is 0 Å². The highest BCUT2D eigenvalue weighted by molar-refractivity contribution is 5.87. The van der Waals surface area contributed by atoms with Gasteiger partial charge < -0.3 is 4.74 Å². The molecule has 0 aliphatic rings. The van der Waals surface area contributed by atoms with Gasteiger partial charge in [-0.25, -0.2) is 9.18 Å². The average Bonchev–Trinajstić information content (AvgIpc) is 2.35. The maximum absolute atomic E-state index is 13.5. The third-order valence-corrected chi connectivity index (χ3v) is 2.40. The number of aryl methyl sites for hydroxylation is 1. The van der Waals surface area contributed by atoms with Crippen LogP contribution in [0.4, 0.5) is 14.9 Å². The molecule has 0 spiro atoms. The van der Waals surface area contributed by atoms with Crippen molar-refractivity contribution in [2.24, 2.45) is 0 Å². The largest absolute Gasteiger partial charge is 0.417 e. The SMILES string of the molecule is Cc1cccc(F)c1NC(=O)Oc1ccccc1. The molecular formula is C14H12FNO2. The fourth-order valence-corrected chi connectivity index (χ4v) is 1.51. The van der Waals surface area contributed by atoms with E-state index in [1.165, 1.54) is 6.07 Å². The number of anilines is 1. The second-order valence-corrected chi connectivity index (χ2v) is 3.76. The summed E-state index contributed by atoms with van der Waals surface area (Å²) in [7, 11) is 0. The van der Waals surface area contributed by atoms with Gasteiger partial charge in [0.25, 0.3) is 0 Å². The van der Waals surface area contributed by atoms with Gasteiger partial charge in [0.1, 0.15) is 11.6 Å². The van der Waals surface area contributed by atoms with E-state index in [1.807, 2.05) is 6.07 Å². The molecule has 1 amide bonds. The molecule has 0 aliphatic carbocycles. The Bertz CT molecular complexity index is 535. The standard InChI is InChI=1S/C14H12FNO2/c1-10-6-5-9-12(15)13(10)16-14(17)18-11-7-3-2-4-8-11/h2-9H,1H3,(H,16,17). The van der Waals surface area contributed by atoms with Crippen LogP contribution in [-0.4, -0.2) is 6.09 Å². The number of amides is 1. The summed E-state index contributed by atoms with van der Waals surface area (Å²) in [5.74, 6) is -0.0796. The van der Waals surface area contributed by atoms with Crippen LogP contribution < -0.4 is 10.1 Å². The zero-order valence-corrected chi connectivity index (χ0v) is 9.81. The highest BCUT2D eigenvalue weighted by Gasteiger charge is 2.10. The maximum atomic E-state index is 13.5. The van der Waals surface area contributed by atoms with Crippen LogP contribution >= 0.6 is 0 Å². The minimum atomic E-state index is -0.714. The molecule has 0 saturated heterocycles. The molecule has 1 N–H and O–H groups in total. The molecule has 0 aromatic heterocycles. The molecule has 0 bridgehead atoms. The minimum absolute atomic E-state index is 0.137. The van der Waals surface area contributed by atoms with E-state index in [-0.39, 0.29) is 5.69 Å². The number of hydrogen-bond donors (Lipinski definition) is 1. The van der Waals surface area contributed by atoms with Gasteiger partial charge in [0, 0.05) is 0 Å². The van der Waals surface area contributed by atoms with Gasteiger partial charge >= 0.3 is 6.09 Å². The van der Waals surface area contributed by atoms with Gasteiger partial charge in [-0.05, 0) is 30.7 Å². The molecule has 0 radical (unpaired) electrons. The number of halogens is 1. The molecular weight excluding hydrogens is 233 g/mol. The van der Waals surface area contributed by atoms with E-state index in [2.05, 4.69) is 5.32 Å². The quantitative estimate of drug-likeness (QED) is 0.875. The van der Waals surface area contributed by atoms with E-state index in [0.29, 0.717) is 11.3 Å². The van der Waals surface area contributed by atoms with Crippen molar-refractivity contribution in [2.45, 2.75) is 6.92 Å². The van der Waals surface area contributed by atoms with Crippen LogP contribution in [0.2, 0.25) is 0 Å². The third kappa shape index (κ3) is 2.85. The van der Waals surface area contributed by atoms with Crippen LogP contribution in [0.3, 0.4) is 0 Å². The number of ether oxygens (including phenoxy) is 1. The second-order valence-electron chi connectivity index (χ2n) is 3.76. The van der Waals surface area contributed by atoms with E-state index in [4.69, 9.17) is 4.74 Å². The number of carbonyl (C=O) groups is 1. The maximum Gasteiger partial charge on any atom is 0.417 e. The van der Waals surface area contributed by atoms with Gasteiger partial charge in [0.2, 0.25) is 0 Å². The van der Waals surface area contributed by atoms with E-state index in [9.17, 15) is 9.18 Å². The Hall–Kier alpha value is -2.36. The monoisotopic (exact) mass is 245 g/mol. The lowest BCUT2D eigenvalue weighted by Gasteiger charge is -2.09. The molecule has 4 heteroatoms. The first kappa shape index (κ1) is 12.1. The van der Waals surface area contributed by atoms with Crippen molar-refractivity contribution in [3.8, 4) is 5.75 Å². The summed E-state index contributed by atoms with van der Waals surface area (Å²) in [4.78, 5) is 11.6. The highest BCUT2D eigenvalue weighted by Crippen LogP contribution is 2.19. The Morgan fingerprint density at radius 2 is 1.83 bits per heavy atom. The Morgan fingerprint density at radius 3 is 2.50 bits per heavy atom.